The SMILES string of the molecule is N#CC1=C(SCc2ccc(Cl)cc2)NC(=O)C[C@H]1c1ccc(Cl)cc1. The highest BCUT2D eigenvalue weighted by atomic mass is 35.5. The third-order valence-electron chi connectivity index (χ3n) is 3.92. The quantitative estimate of drug-likeness (QED) is 0.776. The Morgan fingerprint density at radius 2 is 1.68 bits per heavy atom. The fourth-order valence-electron chi connectivity index (χ4n) is 2.65. The number of nitrogens with zero attached hydrogens (tertiary/aromatic N) is 1. The Labute approximate surface area is 160 Å². The number of halogens is 2. The van der Waals surface area contributed by atoms with Gasteiger partial charge in [0.25, 0.3) is 0 Å². The molecular weight excluding hydrogens is 375 g/mol. The zero-order chi connectivity index (χ0) is 17.8. The molecule has 0 saturated carbocycles. The van der Waals surface area contributed by atoms with Crippen LogP contribution in [0.15, 0.2) is 59.1 Å². The molecule has 1 amide bonds. The van der Waals surface area contributed by atoms with Crippen LogP contribution in [0.25, 0.3) is 0 Å². The van der Waals surface area contributed by atoms with Crippen LogP contribution in [0, 0.1) is 11.3 Å². The number of carbonyl (C=O) groups is 1. The maximum atomic E-state index is 12.1. The van der Waals surface area contributed by atoms with Crippen LogP contribution in [0.3, 0.4) is 0 Å². The lowest BCUT2D eigenvalue weighted by Crippen LogP contribution is -2.30. The van der Waals surface area contributed by atoms with Gasteiger partial charge >= 0.3 is 0 Å². The maximum Gasteiger partial charge on any atom is 0.225 e. The monoisotopic (exact) mass is 388 g/mol. The third-order valence-corrected chi connectivity index (χ3v) is 5.52. The summed E-state index contributed by atoms with van der Waals surface area (Å²) in [4.78, 5) is 12.1. The van der Waals surface area contributed by atoms with Gasteiger partial charge in [-0.2, -0.15) is 5.26 Å². The summed E-state index contributed by atoms with van der Waals surface area (Å²) in [5.41, 5.74) is 2.57. The van der Waals surface area contributed by atoms with Gasteiger partial charge in [0, 0.05) is 28.1 Å². The van der Waals surface area contributed by atoms with E-state index in [9.17, 15) is 10.1 Å². The minimum Gasteiger partial charge on any atom is -0.320 e. The first-order valence-corrected chi connectivity index (χ1v) is 9.38. The highest BCUT2D eigenvalue weighted by Crippen LogP contribution is 2.37. The molecule has 1 aliphatic heterocycles. The van der Waals surface area contributed by atoms with Crippen LogP contribution in [0.4, 0.5) is 0 Å². The molecule has 0 fully saturated rings. The number of amides is 1. The lowest BCUT2D eigenvalue weighted by atomic mass is 9.87. The second-order valence-corrected chi connectivity index (χ2v) is 7.48. The van der Waals surface area contributed by atoms with Crippen LogP contribution in [0.2, 0.25) is 10.0 Å². The van der Waals surface area contributed by atoms with E-state index in [-0.39, 0.29) is 18.2 Å². The Balaban J connectivity index is 1.86. The van der Waals surface area contributed by atoms with Crippen molar-refractivity contribution in [1.82, 2.24) is 5.32 Å². The van der Waals surface area contributed by atoms with Gasteiger partial charge in [0.1, 0.15) is 0 Å². The molecule has 2 aromatic carbocycles. The third kappa shape index (κ3) is 4.38. The highest BCUT2D eigenvalue weighted by Gasteiger charge is 2.29. The Morgan fingerprint density at radius 3 is 2.28 bits per heavy atom. The number of thioether (sulfide) groups is 1. The first-order valence-electron chi connectivity index (χ1n) is 7.63. The lowest BCUT2D eigenvalue weighted by molar-refractivity contribution is -0.120. The molecule has 0 aliphatic carbocycles. The molecule has 0 radical (unpaired) electrons. The van der Waals surface area contributed by atoms with Crippen molar-refractivity contribution in [3.05, 3.63) is 80.3 Å². The van der Waals surface area contributed by atoms with Crippen molar-refractivity contribution in [1.29, 1.82) is 5.26 Å². The smallest absolute Gasteiger partial charge is 0.225 e. The highest BCUT2D eigenvalue weighted by molar-refractivity contribution is 8.02. The molecule has 25 heavy (non-hydrogen) atoms. The van der Waals surface area contributed by atoms with Gasteiger partial charge in [-0.05, 0) is 35.4 Å². The molecule has 1 atom stereocenters. The molecule has 3 rings (SSSR count). The second-order valence-electron chi connectivity index (χ2n) is 5.63. The zero-order valence-electron chi connectivity index (χ0n) is 13.1. The van der Waals surface area contributed by atoms with Crippen LogP contribution in [-0.4, -0.2) is 5.91 Å². The normalized spacial score (nSPS) is 17.2. The summed E-state index contributed by atoms with van der Waals surface area (Å²) >= 11 is 13.3. The summed E-state index contributed by atoms with van der Waals surface area (Å²) in [7, 11) is 0. The number of benzene rings is 2. The van der Waals surface area contributed by atoms with Gasteiger partial charge in [-0.15, -0.1) is 11.8 Å². The molecule has 0 spiro atoms. The summed E-state index contributed by atoms with van der Waals surface area (Å²) in [6.07, 6.45) is 0.259. The molecular formula is C19H14Cl2N2OS. The molecule has 6 heteroatoms. The van der Waals surface area contributed by atoms with E-state index in [4.69, 9.17) is 23.2 Å². The zero-order valence-corrected chi connectivity index (χ0v) is 15.5. The van der Waals surface area contributed by atoms with Crippen molar-refractivity contribution >= 4 is 40.9 Å². The number of nitriles is 1. The van der Waals surface area contributed by atoms with Crippen LogP contribution in [0.5, 0.6) is 0 Å². The fourth-order valence-corrected chi connectivity index (χ4v) is 3.93. The van der Waals surface area contributed by atoms with E-state index >= 15 is 0 Å². The predicted molar refractivity (Wildman–Crippen MR) is 102 cm³/mol. The minimum absolute atomic E-state index is 0.0856. The van der Waals surface area contributed by atoms with E-state index in [1.54, 1.807) is 12.1 Å². The Bertz CT molecular complexity index is 854. The largest absolute Gasteiger partial charge is 0.320 e. The molecule has 0 saturated heterocycles. The van der Waals surface area contributed by atoms with Gasteiger partial charge < -0.3 is 5.32 Å². The van der Waals surface area contributed by atoms with Gasteiger partial charge in [0.2, 0.25) is 5.91 Å². The summed E-state index contributed by atoms with van der Waals surface area (Å²) in [6.45, 7) is 0. The van der Waals surface area contributed by atoms with Crippen LogP contribution in [0.1, 0.15) is 23.5 Å². The van der Waals surface area contributed by atoms with Crippen molar-refractivity contribution in [2.45, 2.75) is 18.1 Å². The number of rotatable bonds is 4. The van der Waals surface area contributed by atoms with Crippen molar-refractivity contribution in [2.75, 3.05) is 0 Å². The van der Waals surface area contributed by atoms with Gasteiger partial charge in [-0.25, -0.2) is 0 Å². The Hall–Kier alpha value is -1.93. The summed E-state index contributed by atoms with van der Waals surface area (Å²) in [5, 5.41) is 14.4. The Kier molecular flexibility index (Phi) is 5.70. The van der Waals surface area contributed by atoms with Gasteiger partial charge in [-0.1, -0.05) is 47.5 Å². The summed E-state index contributed by atoms with van der Waals surface area (Å²) < 4.78 is 0. The molecule has 0 unspecified atom stereocenters. The topological polar surface area (TPSA) is 52.9 Å². The van der Waals surface area contributed by atoms with Crippen LogP contribution in [-0.2, 0) is 10.5 Å². The van der Waals surface area contributed by atoms with E-state index in [2.05, 4.69) is 11.4 Å². The lowest BCUT2D eigenvalue weighted by Gasteiger charge is -2.25. The van der Waals surface area contributed by atoms with E-state index in [0.29, 0.717) is 26.4 Å². The molecule has 1 N–H and O–H groups in total. The first kappa shape index (κ1) is 17.9. The van der Waals surface area contributed by atoms with Crippen LogP contribution < -0.4 is 5.32 Å². The van der Waals surface area contributed by atoms with E-state index in [1.165, 1.54) is 11.8 Å². The Morgan fingerprint density at radius 1 is 1.08 bits per heavy atom. The van der Waals surface area contributed by atoms with Crippen LogP contribution >= 0.6 is 35.0 Å². The molecule has 2 aromatic rings. The number of carbonyl (C=O) groups excluding carboxylic acids is 1. The predicted octanol–water partition coefficient (Wildman–Crippen LogP) is 5.27. The molecule has 0 bridgehead atoms. The average molecular weight is 389 g/mol. The fraction of sp³-hybridized carbons (Fsp3) is 0.158. The van der Waals surface area contributed by atoms with E-state index in [0.717, 1.165) is 11.1 Å². The number of hydrogen-bond donors (Lipinski definition) is 1. The molecule has 0 aromatic heterocycles. The number of nitrogens with one attached hydrogen (secondary N) is 1. The van der Waals surface area contributed by atoms with Crippen molar-refractivity contribution < 1.29 is 4.79 Å². The van der Waals surface area contributed by atoms with Gasteiger partial charge in [0.15, 0.2) is 0 Å². The molecule has 1 heterocycles. The number of allylic oxidation sites excluding steroid dienone is 1. The van der Waals surface area contributed by atoms with Gasteiger partial charge in [0.05, 0.1) is 16.7 Å². The minimum atomic E-state index is -0.247. The number of hydrogen-bond acceptors (Lipinski definition) is 3. The second kappa shape index (κ2) is 7.97. The molecule has 126 valence electrons. The summed E-state index contributed by atoms with van der Waals surface area (Å²) in [6, 6.07) is 17.1. The van der Waals surface area contributed by atoms with Crippen molar-refractivity contribution in [2.24, 2.45) is 0 Å². The molecule has 1 aliphatic rings. The summed E-state index contributed by atoms with van der Waals surface area (Å²) in [5.74, 6) is 0.312. The van der Waals surface area contributed by atoms with E-state index < -0.39 is 0 Å². The molecule has 3 nitrogen and oxygen atoms in total. The average Bonchev–Trinajstić information content (AvgIpc) is 2.61. The van der Waals surface area contributed by atoms with Gasteiger partial charge in [-0.3, -0.25) is 4.79 Å². The van der Waals surface area contributed by atoms with Crippen molar-refractivity contribution in [3.63, 3.8) is 0 Å². The van der Waals surface area contributed by atoms with E-state index in [1.807, 2.05) is 36.4 Å². The van der Waals surface area contributed by atoms with Crippen molar-refractivity contribution in [3.8, 4) is 6.07 Å². The maximum absolute atomic E-state index is 12.1. The first-order chi connectivity index (χ1) is 12.1. The standard InChI is InChI=1S/C19H14Cl2N2OS/c20-14-5-1-12(2-6-14)11-25-19-17(10-22)16(9-18(24)23-19)13-3-7-15(21)8-4-13/h1-8,16H,9,11H2,(H,23,24)/t16-/m0/s1.